The van der Waals surface area contributed by atoms with Crippen molar-refractivity contribution < 1.29 is 0 Å². The second-order valence-corrected chi connectivity index (χ2v) is 6.71. The molecule has 1 heterocycles. The zero-order chi connectivity index (χ0) is 13.2. The Morgan fingerprint density at radius 1 is 1.39 bits per heavy atom. The predicted molar refractivity (Wildman–Crippen MR) is 82.0 cm³/mol. The number of para-hydroxylation sites is 1. The van der Waals surface area contributed by atoms with Gasteiger partial charge in [0.25, 0.3) is 0 Å². The molecule has 1 unspecified atom stereocenters. The molecule has 1 aromatic carbocycles. The zero-order valence-corrected chi connectivity index (χ0v) is 12.9. The number of nitrogens with zero attached hydrogens (tertiary/aromatic N) is 1. The van der Waals surface area contributed by atoms with E-state index < -0.39 is 0 Å². The van der Waals surface area contributed by atoms with Gasteiger partial charge in [-0.15, -0.1) is 0 Å². The molecule has 1 aliphatic rings. The molecule has 0 amide bonds. The molecule has 0 bridgehead atoms. The first-order valence-corrected chi connectivity index (χ1v) is 7.56. The van der Waals surface area contributed by atoms with Gasteiger partial charge in [-0.25, -0.2) is 0 Å². The third kappa shape index (κ3) is 2.89. The van der Waals surface area contributed by atoms with Crippen LogP contribution >= 0.6 is 15.9 Å². The van der Waals surface area contributed by atoms with E-state index in [0.29, 0.717) is 0 Å². The Morgan fingerprint density at radius 2 is 2.11 bits per heavy atom. The molecular formula is C15H23BrN2. The number of piperidine rings is 1. The minimum Gasteiger partial charge on any atom is -0.365 e. The Labute approximate surface area is 119 Å². The average molecular weight is 311 g/mol. The molecule has 2 N–H and O–H groups in total. The van der Waals surface area contributed by atoms with Gasteiger partial charge in [0, 0.05) is 16.6 Å². The average Bonchev–Trinajstić information content (AvgIpc) is 2.33. The largest absolute Gasteiger partial charge is 0.365 e. The van der Waals surface area contributed by atoms with E-state index in [2.05, 4.69) is 58.9 Å². The van der Waals surface area contributed by atoms with Gasteiger partial charge in [0.1, 0.15) is 0 Å². The topological polar surface area (TPSA) is 29.3 Å². The smallest absolute Gasteiger partial charge is 0.0515 e. The summed E-state index contributed by atoms with van der Waals surface area (Å²) >= 11 is 3.68. The monoisotopic (exact) mass is 310 g/mol. The van der Waals surface area contributed by atoms with Gasteiger partial charge in [-0.3, -0.25) is 0 Å². The molecular weight excluding hydrogens is 288 g/mol. The second-order valence-electron chi connectivity index (χ2n) is 5.86. The van der Waals surface area contributed by atoms with E-state index in [1.54, 1.807) is 0 Å². The van der Waals surface area contributed by atoms with Crippen molar-refractivity contribution in [3.05, 3.63) is 28.7 Å². The number of hydrogen-bond acceptors (Lipinski definition) is 2. The molecule has 18 heavy (non-hydrogen) atoms. The van der Waals surface area contributed by atoms with Crippen molar-refractivity contribution in [2.75, 3.05) is 18.0 Å². The van der Waals surface area contributed by atoms with Gasteiger partial charge in [0.2, 0.25) is 0 Å². The molecule has 100 valence electrons. The molecule has 1 aromatic rings. The van der Waals surface area contributed by atoms with E-state index in [0.717, 1.165) is 25.4 Å². The van der Waals surface area contributed by atoms with Gasteiger partial charge in [-0.2, -0.15) is 0 Å². The Kier molecular flexibility index (Phi) is 4.33. The minimum atomic E-state index is 0.231. The number of halogens is 1. The van der Waals surface area contributed by atoms with Gasteiger partial charge >= 0.3 is 0 Å². The van der Waals surface area contributed by atoms with Gasteiger partial charge in [-0.1, -0.05) is 12.1 Å². The summed E-state index contributed by atoms with van der Waals surface area (Å²) in [6.07, 6.45) is 3.67. The third-order valence-electron chi connectivity index (χ3n) is 4.05. The Balaban J connectivity index is 2.24. The van der Waals surface area contributed by atoms with Gasteiger partial charge < -0.3 is 10.6 Å². The van der Waals surface area contributed by atoms with Crippen molar-refractivity contribution in [2.24, 2.45) is 11.7 Å². The Morgan fingerprint density at radius 3 is 2.78 bits per heavy atom. The van der Waals surface area contributed by atoms with Crippen LogP contribution in [-0.2, 0) is 0 Å². The minimum absolute atomic E-state index is 0.231. The molecule has 0 spiro atoms. The molecule has 2 nitrogen and oxygen atoms in total. The number of rotatable bonds is 3. The van der Waals surface area contributed by atoms with E-state index >= 15 is 0 Å². The summed E-state index contributed by atoms with van der Waals surface area (Å²) in [5.74, 6) is 0.732. The fourth-order valence-electron chi connectivity index (χ4n) is 2.86. The lowest BCUT2D eigenvalue weighted by Gasteiger charge is -2.47. The van der Waals surface area contributed by atoms with Crippen LogP contribution in [0.15, 0.2) is 28.7 Å². The summed E-state index contributed by atoms with van der Waals surface area (Å²) in [7, 11) is 0. The van der Waals surface area contributed by atoms with Crippen molar-refractivity contribution in [1.29, 1.82) is 0 Å². The van der Waals surface area contributed by atoms with Crippen LogP contribution in [0, 0.1) is 5.92 Å². The maximum absolute atomic E-state index is 5.71. The highest BCUT2D eigenvalue weighted by Gasteiger charge is 2.34. The van der Waals surface area contributed by atoms with Gasteiger partial charge in [0.15, 0.2) is 0 Å². The van der Waals surface area contributed by atoms with Gasteiger partial charge in [-0.05, 0) is 73.6 Å². The maximum atomic E-state index is 5.71. The van der Waals surface area contributed by atoms with Crippen molar-refractivity contribution in [1.82, 2.24) is 0 Å². The van der Waals surface area contributed by atoms with Crippen molar-refractivity contribution in [3.63, 3.8) is 0 Å². The van der Waals surface area contributed by atoms with Crippen LogP contribution in [0.2, 0.25) is 0 Å². The number of hydrogen-bond donors (Lipinski definition) is 1. The molecule has 1 saturated heterocycles. The summed E-state index contributed by atoms with van der Waals surface area (Å²) in [6.45, 7) is 6.60. The molecule has 0 aromatic heterocycles. The van der Waals surface area contributed by atoms with E-state index in [4.69, 9.17) is 5.73 Å². The summed E-state index contributed by atoms with van der Waals surface area (Å²) in [5, 5.41) is 0. The molecule has 1 fully saturated rings. The van der Waals surface area contributed by atoms with E-state index in [9.17, 15) is 0 Å². The highest BCUT2D eigenvalue weighted by Crippen LogP contribution is 2.38. The van der Waals surface area contributed by atoms with Crippen LogP contribution in [0.5, 0.6) is 0 Å². The standard InChI is InChI=1S/C15H23BrN2/c1-15(2)9-7-12(8-10-17)11-18(15)14-6-4-3-5-13(14)16/h3-6,12H,7-11,17H2,1-2H3. The Bertz CT molecular complexity index is 403. The van der Waals surface area contributed by atoms with Crippen LogP contribution in [0.3, 0.4) is 0 Å². The molecule has 1 atom stereocenters. The lowest BCUT2D eigenvalue weighted by atomic mass is 9.83. The van der Waals surface area contributed by atoms with Crippen LogP contribution < -0.4 is 10.6 Å². The van der Waals surface area contributed by atoms with E-state index in [-0.39, 0.29) is 5.54 Å². The van der Waals surface area contributed by atoms with E-state index in [1.165, 1.54) is 23.0 Å². The molecule has 2 rings (SSSR count). The number of benzene rings is 1. The summed E-state index contributed by atoms with van der Waals surface area (Å²) in [4.78, 5) is 2.54. The number of anilines is 1. The quantitative estimate of drug-likeness (QED) is 0.920. The van der Waals surface area contributed by atoms with Crippen molar-refractivity contribution in [3.8, 4) is 0 Å². The summed E-state index contributed by atoms with van der Waals surface area (Å²) < 4.78 is 1.19. The van der Waals surface area contributed by atoms with E-state index in [1.807, 2.05) is 0 Å². The van der Waals surface area contributed by atoms with Crippen molar-refractivity contribution in [2.45, 2.75) is 38.6 Å². The molecule has 0 saturated carbocycles. The second kappa shape index (κ2) is 5.62. The summed E-state index contributed by atoms with van der Waals surface area (Å²) in [5.41, 5.74) is 7.25. The molecule has 0 aliphatic carbocycles. The number of nitrogens with two attached hydrogens (primary N) is 1. The summed E-state index contributed by atoms with van der Waals surface area (Å²) in [6, 6.07) is 8.51. The third-order valence-corrected chi connectivity index (χ3v) is 4.72. The molecule has 0 radical (unpaired) electrons. The normalized spacial score (nSPS) is 23.1. The SMILES string of the molecule is CC1(C)CCC(CCN)CN1c1ccccc1Br. The first-order chi connectivity index (χ1) is 8.54. The van der Waals surface area contributed by atoms with Crippen LogP contribution in [0.1, 0.15) is 33.1 Å². The predicted octanol–water partition coefficient (Wildman–Crippen LogP) is 3.79. The van der Waals surface area contributed by atoms with Crippen LogP contribution in [0.25, 0.3) is 0 Å². The highest BCUT2D eigenvalue weighted by molar-refractivity contribution is 9.10. The molecule has 3 heteroatoms. The highest BCUT2D eigenvalue weighted by atomic mass is 79.9. The van der Waals surface area contributed by atoms with Crippen LogP contribution in [-0.4, -0.2) is 18.6 Å². The molecule has 1 aliphatic heterocycles. The lowest BCUT2D eigenvalue weighted by Crippen LogP contribution is -2.51. The zero-order valence-electron chi connectivity index (χ0n) is 11.3. The first-order valence-electron chi connectivity index (χ1n) is 6.77. The Hall–Kier alpha value is -0.540. The lowest BCUT2D eigenvalue weighted by molar-refractivity contribution is 0.282. The van der Waals surface area contributed by atoms with Gasteiger partial charge in [0.05, 0.1) is 5.69 Å². The first kappa shape index (κ1) is 13.9. The van der Waals surface area contributed by atoms with Crippen LogP contribution in [0.4, 0.5) is 5.69 Å². The maximum Gasteiger partial charge on any atom is 0.0515 e. The fourth-order valence-corrected chi connectivity index (χ4v) is 3.35. The fraction of sp³-hybridized carbons (Fsp3) is 0.600. The van der Waals surface area contributed by atoms with Crippen molar-refractivity contribution >= 4 is 21.6 Å².